The number of nitrogens with zero attached hydrogens (tertiary/aromatic N) is 1. The Kier molecular flexibility index (Phi) is 3.63. The van der Waals surface area contributed by atoms with Crippen LogP contribution in [0.5, 0.6) is 0 Å². The number of aromatic nitrogens is 1. The SMILES string of the molecule is Fc1cc(F)cc(-c2nc(-c3ccc(Br)cc3)cs2)c1. The molecule has 0 spiro atoms. The number of hydrogen-bond donors (Lipinski definition) is 0. The lowest BCUT2D eigenvalue weighted by atomic mass is 10.2. The third kappa shape index (κ3) is 2.78. The molecule has 0 radical (unpaired) electrons. The van der Waals surface area contributed by atoms with Crippen molar-refractivity contribution in [1.29, 1.82) is 0 Å². The smallest absolute Gasteiger partial charge is 0.126 e. The van der Waals surface area contributed by atoms with Crippen molar-refractivity contribution in [3.63, 3.8) is 0 Å². The Bertz CT molecular complexity index is 733. The summed E-state index contributed by atoms with van der Waals surface area (Å²) in [5.41, 5.74) is 2.21. The molecule has 100 valence electrons. The predicted molar refractivity (Wildman–Crippen MR) is 80.6 cm³/mol. The lowest BCUT2D eigenvalue weighted by Gasteiger charge is -1.98. The van der Waals surface area contributed by atoms with Crippen molar-refractivity contribution in [2.24, 2.45) is 0 Å². The number of rotatable bonds is 2. The molecule has 0 unspecified atom stereocenters. The van der Waals surface area contributed by atoms with Gasteiger partial charge in [-0.1, -0.05) is 28.1 Å². The summed E-state index contributed by atoms with van der Waals surface area (Å²) in [6, 6.07) is 11.2. The van der Waals surface area contributed by atoms with Crippen LogP contribution in [0.4, 0.5) is 8.78 Å². The molecule has 0 aliphatic heterocycles. The van der Waals surface area contributed by atoms with Crippen molar-refractivity contribution < 1.29 is 8.78 Å². The Labute approximate surface area is 127 Å². The Morgan fingerprint density at radius 2 is 1.55 bits per heavy atom. The summed E-state index contributed by atoms with van der Waals surface area (Å²) in [6.45, 7) is 0. The molecule has 0 amide bonds. The van der Waals surface area contributed by atoms with Gasteiger partial charge in [-0.25, -0.2) is 13.8 Å². The van der Waals surface area contributed by atoms with Crippen LogP contribution in [0.2, 0.25) is 0 Å². The maximum absolute atomic E-state index is 13.2. The average Bonchev–Trinajstić information content (AvgIpc) is 2.88. The molecule has 1 heterocycles. The van der Waals surface area contributed by atoms with Crippen LogP contribution in [0, 0.1) is 11.6 Å². The molecule has 5 heteroatoms. The van der Waals surface area contributed by atoms with Crippen LogP contribution in [0.3, 0.4) is 0 Å². The largest absolute Gasteiger partial charge is 0.236 e. The number of halogens is 3. The highest BCUT2D eigenvalue weighted by Gasteiger charge is 2.09. The van der Waals surface area contributed by atoms with Crippen LogP contribution in [-0.4, -0.2) is 4.98 Å². The van der Waals surface area contributed by atoms with E-state index < -0.39 is 11.6 Å². The van der Waals surface area contributed by atoms with Crippen LogP contribution < -0.4 is 0 Å². The summed E-state index contributed by atoms with van der Waals surface area (Å²) in [6.07, 6.45) is 0. The summed E-state index contributed by atoms with van der Waals surface area (Å²) in [7, 11) is 0. The van der Waals surface area contributed by atoms with Gasteiger partial charge in [0.2, 0.25) is 0 Å². The van der Waals surface area contributed by atoms with Crippen LogP contribution in [0.1, 0.15) is 0 Å². The molecule has 20 heavy (non-hydrogen) atoms. The fraction of sp³-hybridized carbons (Fsp3) is 0. The van der Waals surface area contributed by atoms with Crippen molar-refractivity contribution in [3.05, 3.63) is 64.0 Å². The molecular weight excluding hydrogens is 344 g/mol. The molecule has 0 atom stereocenters. The van der Waals surface area contributed by atoms with E-state index in [-0.39, 0.29) is 0 Å². The number of hydrogen-bond acceptors (Lipinski definition) is 2. The molecule has 0 saturated carbocycles. The molecule has 0 aliphatic rings. The standard InChI is InChI=1S/C15H8BrF2NS/c16-11-3-1-9(2-4-11)14-8-20-15(19-14)10-5-12(17)7-13(18)6-10/h1-8H. The lowest BCUT2D eigenvalue weighted by molar-refractivity contribution is 0.584. The first-order chi connectivity index (χ1) is 9.61. The van der Waals surface area contributed by atoms with Gasteiger partial charge in [0.05, 0.1) is 5.69 Å². The zero-order valence-corrected chi connectivity index (χ0v) is 12.5. The van der Waals surface area contributed by atoms with Crippen molar-refractivity contribution in [2.45, 2.75) is 0 Å². The average molecular weight is 352 g/mol. The van der Waals surface area contributed by atoms with E-state index in [1.807, 2.05) is 29.6 Å². The summed E-state index contributed by atoms with van der Waals surface area (Å²) in [5.74, 6) is -1.19. The molecule has 0 bridgehead atoms. The van der Waals surface area contributed by atoms with Gasteiger partial charge in [-0.05, 0) is 24.3 Å². The van der Waals surface area contributed by atoms with Crippen LogP contribution >= 0.6 is 27.3 Å². The highest BCUT2D eigenvalue weighted by Crippen LogP contribution is 2.30. The lowest BCUT2D eigenvalue weighted by Crippen LogP contribution is -1.84. The predicted octanol–water partition coefficient (Wildman–Crippen LogP) is 5.52. The van der Waals surface area contributed by atoms with Crippen LogP contribution in [0.25, 0.3) is 21.8 Å². The Morgan fingerprint density at radius 1 is 0.900 bits per heavy atom. The van der Waals surface area contributed by atoms with Crippen LogP contribution in [-0.2, 0) is 0 Å². The Balaban J connectivity index is 1.99. The van der Waals surface area contributed by atoms with E-state index in [9.17, 15) is 8.78 Å². The highest BCUT2D eigenvalue weighted by atomic mass is 79.9. The second kappa shape index (κ2) is 5.42. The molecule has 2 aromatic carbocycles. The van der Waals surface area contributed by atoms with E-state index in [4.69, 9.17) is 0 Å². The van der Waals surface area contributed by atoms with Gasteiger partial charge in [-0.3, -0.25) is 0 Å². The number of benzene rings is 2. The minimum Gasteiger partial charge on any atom is -0.236 e. The van der Waals surface area contributed by atoms with Crippen LogP contribution in [0.15, 0.2) is 52.3 Å². The minimum absolute atomic E-state index is 0.455. The Morgan fingerprint density at radius 3 is 2.20 bits per heavy atom. The molecule has 0 N–H and O–H groups in total. The van der Waals surface area contributed by atoms with Crippen molar-refractivity contribution >= 4 is 27.3 Å². The second-order valence-electron chi connectivity index (χ2n) is 4.20. The third-order valence-corrected chi connectivity index (χ3v) is 4.17. The molecule has 1 nitrogen and oxygen atoms in total. The van der Waals surface area contributed by atoms with Gasteiger partial charge in [-0.15, -0.1) is 11.3 Å². The Hall–Kier alpha value is -1.59. The first-order valence-corrected chi connectivity index (χ1v) is 7.47. The van der Waals surface area contributed by atoms with Gasteiger partial charge in [0.1, 0.15) is 16.6 Å². The third-order valence-electron chi connectivity index (χ3n) is 2.75. The zero-order chi connectivity index (χ0) is 14.1. The van der Waals surface area contributed by atoms with Gasteiger partial charge >= 0.3 is 0 Å². The van der Waals surface area contributed by atoms with Gasteiger partial charge in [0.25, 0.3) is 0 Å². The monoisotopic (exact) mass is 351 g/mol. The summed E-state index contributed by atoms with van der Waals surface area (Å²) in [4.78, 5) is 4.43. The van der Waals surface area contributed by atoms with Crippen molar-refractivity contribution in [2.75, 3.05) is 0 Å². The van der Waals surface area contributed by atoms with Gasteiger partial charge in [0.15, 0.2) is 0 Å². The maximum Gasteiger partial charge on any atom is 0.126 e. The van der Waals surface area contributed by atoms with E-state index in [1.165, 1.54) is 23.5 Å². The van der Waals surface area contributed by atoms with Gasteiger partial charge in [-0.2, -0.15) is 0 Å². The normalized spacial score (nSPS) is 10.8. The quantitative estimate of drug-likeness (QED) is 0.592. The summed E-state index contributed by atoms with van der Waals surface area (Å²) < 4.78 is 27.4. The fourth-order valence-electron chi connectivity index (χ4n) is 1.84. The second-order valence-corrected chi connectivity index (χ2v) is 5.98. The number of thiazole rings is 1. The van der Waals surface area contributed by atoms with E-state index in [0.717, 1.165) is 21.8 Å². The minimum atomic E-state index is -0.597. The van der Waals surface area contributed by atoms with Crippen molar-refractivity contribution in [3.8, 4) is 21.8 Å². The first kappa shape index (κ1) is 13.4. The first-order valence-electron chi connectivity index (χ1n) is 5.80. The van der Waals surface area contributed by atoms with E-state index in [0.29, 0.717) is 10.6 Å². The molecular formula is C15H8BrF2NS. The molecule has 0 aliphatic carbocycles. The fourth-order valence-corrected chi connectivity index (χ4v) is 2.92. The molecule has 3 rings (SSSR count). The maximum atomic E-state index is 13.2. The molecule has 0 saturated heterocycles. The van der Waals surface area contributed by atoms with E-state index in [2.05, 4.69) is 20.9 Å². The summed E-state index contributed by atoms with van der Waals surface area (Å²) >= 11 is 4.74. The molecule has 1 aromatic heterocycles. The van der Waals surface area contributed by atoms with Crippen molar-refractivity contribution in [1.82, 2.24) is 4.98 Å². The van der Waals surface area contributed by atoms with E-state index in [1.54, 1.807) is 0 Å². The molecule has 0 fully saturated rings. The molecule has 3 aromatic rings. The van der Waals surface area contributed by atoms with Gasteiger partial charge in [0, 0.05) is 27.0 Å². The topological polar surface area (TPSA) is 12.9 Å². The van der Waals surface area contributed by atoms with E-state index >= 15 is 0 Å². The zero-order valence-electron chi connectivity index (χ0n) is 10.1. The summed E-state index contributed by atoms with van der Waals surface area (Å²) in [5, 5.41) is 2.47. The van der Waals surface area contributed by atoms with Gasteiger partial charge < -0.3 is 0 Å². The highest BCUT2D eigenvalue weighted by molar-refractivity contribution is 9.10.